The van der Waals surface area contributed by atoms with Gasteiger partial charge in [-0.2, -0.15) is 0 Å². The summed E-state index contributed by atoms with van der Waals surface area (Å²) in [7, 11) is 0. The van der Waals surface area contributed by atoms with Crippen molar-refractivity contribution in [2.75, 3.05) is 6.54 Å². The van der Waals surface area contributed by atoms with E-state index in [4.69, 9.17) is 19.4 Å². The average molecular weight is 729 g/mol. The van der Waals surface area contributed by atoms with E-state index in [9.17, 15) is 9.59 Å². The molecule has 54 heavy (non-hydrogen) atoms. The van der Waals surface area contributed by atoms with E-state index in [1.165, 1.54) is 33.4 Å². The van der Waals surface area contributed by atoms with Crippen molar-refractivity contribution in [1.82, 2.24) is 29.7 Å². The number of ether oxygens (including phenoxy) is 2. The zero-order valence-electron chi connectivity index (χ0n) is 32.4. The number of allylic oxidation sites excluding steroid dienone is 4. The molecule has 2 aromatic heterocycles. The number of hydrogen-bond donors (Lipinski definition) is 2. The lowest BCUT2D eigenvalue weighted by molar-refractivity contribution is 0.00616. The van der Waals surface area contributed by atoms with Gasteiger partial charge in [-0.25, -0.2) is 19.6 Å². The minimum Gasteiger partial charge on any atom is -0.444 e. The van der Waals surface area contributed by atoms with E-state index in [-0.39, 0.29) is 30.3 Å². The number of amides is 2. The zero-order chi connectivity index (χ0) is 37.5. The molecule has 3 aliphatic carbocycles. The van der Waals surface area contributed by atoms with Gasteiger partial charge < -0.3 is 19.4 Å². The first-order chi connectivity index (χ1) is 25.8. The second kappa shape index (κ2) is 12.9. The van der Waals surface area contributed by atoms with Crippen molar-refractivity contribution in [2.24, 2.45) is 5.92 Å². The van der Waals surface area contributed by atoms with Crippen molar-refractivity contribution < 1.29 is 19.1 Å². The van der Waals surface area contributed by atoms with Gasteiger partial charge in [0.2, 0.25) is 0 Å². The van der Waals surface area contributed by atoms with Crippen molar-refractivity contribution >= 4 is 34.4 Å². The predicted molar refractivity (Wildman–Crippen MR) is 209 cm³/mol. The fourth-order valence-electron chi connectivity index (χ4n) is 9.61. The van der Waals surface area contributed by atoms with Gasteiger partial charge in [0.05, 0.1) is 35.0 Å². The Balaban J connectivity index is 0.929. The van der Waals surface area contributed by atoms with Gasteiger partial charge in [0.25, 0.3) is 0 Å². The van der Waals surface area contributed by atoms with E-state index in [1.54, 1.807) is 0 Å². The number of H-pyrrole nitrogens is 2. The van der Waals surface area contributed by atoms with Crippen LogP contribution in [0.4, 0.5) is 9.59 Å². The van der Waals surface area contributed by atoms with Crippen molar-refractivity contribution in [3.63, 3.8) is 0 Å². The highest BCUT2D eigenvalue weighted by Gasteiger charge is 2.51. The van der Waals surface area contributed by atoms with E-state index in [0.29, 0.717) is 12.5 Å². The maximum Gasteiger partial charge on any atom is 0.411 e. The van der Waals surface area contributed by atoms with Crippen LogP contribution in [0.1, 0.15) is 133 Å². The number of imidazole rings is 2. The predicted octanol–water partition coefficient (Wildman–Crippen LogP) is 10.1. The Morgan fingerprint density at radius 1 is 0.833 bits per heavy atom. The normalized spacial score (nSPS) is 23.9. The van der Waals surface area contributed by atoms with Crippen LogP contribution in [0.5, 0.6) is 0 Å². The van der Waals surface area contributed by atoms with Gasteiger partial charge in [0.1, 0.15) is 22.9 Å². The first kappa shape index (κ1) is 34.9. The monoisotopic (exact) mass is 728 g/mol. The molecule has 10 heteroatoms. The van der Waals surface area contributed by atoms with Gasteiger partial charge in [-0.3, -0.25) is 9.80 Å². The number of piperidine rings is 1. The SMILES string of the molecule is CC(C)(C)OC(=O)N1CCC[C@H]1c1ncc(-c2ccc3c(c2)CCC2=C3CCC(c3ccc4nc([C@@H]5[C@H]6CC[C@H](C6)N5C(=O)OC(C)(C)C)[nH]c4c3)=C2)[nH]1. The van der Waals surface area contributed by atoms with Crippen molar-refractivity contribution in [3.8, 4) is 11.3 Å². The molecule has 2 saturated heterocycles. The Labute approximate surface area is 317 Å². The molecule has 2 N–H and O–H groups in total. The molecule has 2 aromatic carbocycles. The van der Waals surface area contributed by atoms with Crippen LogP contribution >= 0.6 is 0 Å². The number of likely N-dealkylation sites (tertiary alicyclic amines) is 2. The molecule has 1 saturated carbocycles. The lowest BCUT2D eigenvalue weighted by Crippen LogP contribution is -2.43. The van der Waals surface area contributed by atoms with E-state index in [2.05, 4.69) is 52.4 Å². The standard InChI is InChI=1S/C44H52N6O4/c1-43(2,3)53-41(51)49-19-7-8-37(49)39-45-24-36(48-39)29-13-17-33-28(21-29)10-9-27-20-25(12-16-32(27)33)26-14-18-34-35(23-26)47-40(46-34)38-30-11-15-31(22-30)50(38)42(52)54-44(4,5)6/h13-14,17-18,20-21,23-24,30-31,37-38H,7-12,15-16,19,22H2,1-6H3,(H,45,48)(H,46,47)/t30-,31+,37-,38-/m0/s1. The van der Waals surface area contributed by atoms with Crippen LogP contribution in [0, 0.1) is 5.92 Å². The number of benzene rings is 2. The number of aromatic amines is 2. The van der Waals surface area contributed by atoms with Crippen LogP contribution in [0.3, 0.4) is 0 Å². The fraction of sp³-hybridized carbons (Fsp3) is 0.500. The lowest BCUT2D eigenvalue weighted by Gasteiger charge is -2.35. The molecule has 2 amide bonds. The van der Waals surface area contributed by atoms with Gasteiger partial charge in [0, 0.05) is 12.6 Å². The van der Waals surface area contributed by atoms with Crippen LogP contribution in [0.15, 0.2) is 54.2 Å². The number of aryl methyl sites for hydroxylation is 1. The Morgan fingerprint density at radius 3 is 2.44 bits per heavy atom. The second-order valence-electron chi connectivity index (χ2n) is 18.0. The van der Waals surface area contributed by atoms with Crippen molar-refractivity contribution in [1.29, 1.82) is 0 Å². The average Bonchev–Trinajstić information content (AvgIpc) is 3.97. The van der Waals surface area contributed by atoms with Crippen molar-refractivity contribution in [3.05, 3.63) is 82.6 Å². The molecule has 3 fully saturated rings. The third-order valence-electron chi connectivity index (χ3n) is 11.9. The summed E-state index contributed by atoms with van der Waals surface area (Å²) in [4.78, 5) is 47.0. The molecular formula is C44H52N6O4. The Hall–Kier alpha value is -4.86. The number of aromatic nitrogens is 4. The highest BCUT2D eigenvalue weighted by molar-refractivity contribution is 5.87. The van der Waals surface area contributed by atoms with E-state index >= 15 is 0 Å². The minimum atomic E-state index is -0.534. The molecule has 4 heterocycles. The van der Waals surface area contributed by atoms with Crippen LogP contribution < -0.4 is 0 Å². The summed E-state index contributed by atoms with van der Waals surface area (Å²) in [6.07, 6.45) is 12.8. The second-order valence-corrected chi connectivity index (χ2v) is 18.0. The first-order valence-electron chi connectivity index (χ1n) is 19.9. The topological polar surface area (TPSA) is 116 Å². The van der Waals surface area contributed by atoms with Crippen LogP contribution in [-0.2, 0) is 15.9 Å². The number of carbonyl (C=O) groups excluding carboxylic acids is 2. The highest BCUT2D eigenvalue weighted by atomic mass is 16.6. The van der Waals surface area contributed by atoms with Gasteiger partial charge in [-0.15, -0.1) is 0 Å². The molecule has 282 valence electrons. The molecule has 10 nitrogen and oxygen atoms in total. The molecule has 0 unspecified atom stereocenters. The molecule has 4 atom stereocenters. The molecule has 9 rings (SSSR count). The van der Waals surface area contributed by atoms with Gasteiger partial charge >= 0.3 is 12.2 Å². The molecule has 2 aliphatic heterocycles. The first-order valence-corrected chi connectivity index (χ1v) is 19.9. The lowest BCUT2D eigenvalue weighted by atomic mass is 9.78. The number of carbonyl (C=O) groups is 2. The Bertz CT molecular complexity index is 2210. The van der Waals surface area contributed by atoms with Gasteiger partial charge in [-0.05, 0) is 162 Å². The number of hydrogen-bond acceptors (Lipinski definition) is 6. The summed E-state index contributed by atoms with van der Waals surface area (Å²) in [5.74, 6) is 2.10. The molecule has 0 spiro atoms. The van der Waals surface area contributed by atoms with Gasteiger partial charge in [-0.1, -0.05) is 24.3 Å². The Morgan fingerprint density at radius 2 is 1.63 bits per heavy atom. The Kier molecular flexibility index (Phi) is 8.32. The highest BCUT2D eigenvalue weighted by Crippen LogP contribution is 2.50. The smallest absolute Gasteiger partial charge is 0.411 e. The van der Waals surface area contributed by atoms with Gasteiger partial charge in [0.15, 0.2) is 0 Å². The van der Waals surface area contributed by atoms with Crippen LogP contribution in [0.25, 0.3) is 33.4 Å². The summed E-state index contributed by atoms with van der Waals surface area (Å²) in [6.45, 7) is 12.2. The minimum absolute atomic E-state index is 0.0731. The number of fused-ring (bicyclic) bond motifs is 5. The summed E-state index contributed by atoms with van der Waals surface area (Å²) in [6, 6.07) is 13.4. The zero-order valence-corrected chi connectivity index (χ0v) is 32.4. The molecule has 4 aromatic rings. The third-order valence-corrected chi connectivity index (χ3v) is 11.9. The summed E-state index contributed by atoms with van der Waals surface area (Å²) >= 11 is 0. The van der Waals surface area contributed by atoms with Crippen LogP contribution in [-0.4, -0.2) is 65.7 Å². The van der Waals surface area contributed by atoms with E-state index in [0.717, 1.165) is 91.7 Å². The third kappa shape index (κ3) is 6.41. The van der Waals surface area contributed by atoms with E-state index < -0.39 is 11.2 Å². The number of nitrogens with zero attached hydrogens (tertiary/aromatic N) is 4. The maximum absolute atomic E-state index is 13.3. The quantitative estimate of drug-likeness (QED) is 0.216. The summed E-state index contributed by atoms with van der Waals surface area (Å²) < 4.78 is 11.5. The summed E-state index contributed by atoms with van der Waals surface area (Å²) in [5.41, 5.74) is 11.2. The molecule has 5 aliphatic rings. The molecule has 0 radical (unpaired) electrons. The maximum atomic E-state index is 13.3. The molecule has 2 bridgehead atoms. The van der Waals surface area contributed by atoms with Crippen molar-refractivity contribution in [2.45, 2.75) is 129 Å². The fourth-order valence-corrected chi connectivity index (χ4v) is 9.61. The van der Waals surface area contributed by atoms with E-state index in [1.807, 2.05) is 57.5 Å². The largest absolute Gasteiger partial charge is 0.444 e. The van der Waals surface area contributed by atoms with Crippen LogP contribution in [0.2, 0.25) is 0 Å². The molecular weight excluding hydrogens is 677 g/mol. The number of rotatable bonds is 4. The summed E-state index contributed by atoms with van der Waals surface area (Å²) in [5, 5.41) is 0. The number of nitrogens with one attached hydrogen (secondary N) is 2.